The Labute approximate surface area is 124 Å². The number of nitrogens with zero attached hydrogens (tertiary/aromatic N) is 1. The second kappa shape index (κ2) is 6.92. The molecular weight excluding hydrogens is 268 g/mol. The van der Waals surface area contributed by atoms with Gasteiger partial charge in [0, 0.05) is 12.6 Å². The van der Waals surface area contributed by atoms with Gasteiger partial charge in [-0.05, 0) is 25.3 Å². The number of carbonyl (C=O) groups excluding carboxylic acids is 1. The first-order chi connectivity index (χ1) is 10.1. The molecule has 2 N–H and O–H groups in total. The highest BCUT2D eigenvalue weighted by Gasteiger charge is 2.32. The summed E-state index contributed by atoms with van der Waals surface area (Å²) in [5.41, 5.74) is 1.08. The number of carbonyl (C=O) groups is 2. The Bertz CT molecular complexity index is 524. The molecule has 1 saturated carbocycles. The minimum atomic E-state index is -1.03. The first-order valence-corrected chi connectivity index (χ1v) is 7.09. The van der Waals surface area contributed by atoms with Crippen LogP contribution >= 0.6 is 0 Å². The minimum absolute atomic E-state index is 0.228. The van der Waals surface area contributed by atoms with E-state index in [-0.39, 0.29) is 12.1 Å². The van der Waals surface area contributed by atoms with E-state index < -0.39 is 12.0 Å². The summed E-state index contributed by atoms with van der Waals surface area (Å²) in [6.45, 7) is 1.95. The van der Waals surface area contributed by atoms with Crippen LogP contribution in [0.4, 0.5) is 4.79 Å². The Hall–Kier alpha value is -2.30. The molecule has 0 saturated heterocycles. The molecule has 1 aromatic rings. The first-order valence-electron chi connectivity index (χ1n) is 7.09. The number of carboxylic acid groups (broad SMARTS) is 1. The van der Waals surface area contributed by atoms with Crippen molar-refractivity contribution in [2.75, 3.05) is 6.54 Å². The van der Waals surface area contributed by atoms with Crippen molar-refractivity contribution in [3.05, 3.63) is 42.0 Å². The minimum Gasteiger partial charge on any atom is -0.480 e. The summed E-state index contributed by atoms with van der Waals surface area (Å²) < 4.78 is 0. The summed E-state index contributed by atoms with van der Waals surface area (Å²) in [4.78, 5) is 24.6. The van der Waals surface area contributed by atoms with Crippen molar-refractivity contribution in [2.24, 2.45) is 0 Å². The molecule has 0 spiro atoms. The zero-order chi connectivity index (χ0) is 15.2. The summed E-state index contributed by atoms with van der Waals surface area (Å²) in [5.74, 6) is -1.03. The van der Waals surface area contributed by atoms with Gasteiger partial charge in [0.25, 0.3) is 0 Å². The zero-order valence-corrected chi connectivity index (χ0v) is 12.0. The number of benzene rings is 1. The number of urea groups is 1. The van der Waals surface area contributed by atoms with Gasteiger partial charge in [0.2, 0.25) is 0 Å². The lowest BCUT2D eigenvalue weighted by molar-refractivity contribution is -0.138. The summed E-state index contributed by atoms with van der Waals surface area (Å²) >= 11 is 0. The van der Waals surface area contributed by atoms with Crippen molar-refractivity contribution in [3.63, 3.8) is 0 Å². The Balaban J connectivity index is 1.92. The number of hydrogen-bond donors (Lipinski definition) is 2. The number of hydrogen-bond acceptors (Lipinski definition) is 2. The summed E-state index contributed by atoms with van der Waals surface area (Å²) in [7, 11) is 0. The Morgan fingerprint density at radius 3 is 2.62 bits per heavy atom. The van der Waals surface area contributed by atoms with Gasteiger partial charge in [-0.25, -0.2) is 4.79 Å². The lowest BCUT2D eigenvalue weighted by Crippen LogP contribution is -2.47. The SMILES string of the molecule is C[C@@H](NC(=O)N(CC=Cc1ccccc1)C1CC1)C(=O)O. The van der Waals surface area contributed by atoms with Crippen LogP contribution in [-0.4, -0.2) is 40.6 Å². The molecule has 1 aliphatic rings. The highest BCUT2D eigenvalue weighted by atomic mass is 16.4. The molecule has 5 heteroatoms. The van der Waals surface area contributed by atoms with Gasteiger partial charge in [0.15, 0.2) is 0 Å². The third kappa shape index (κ3) is 4.63. The third-order valence-electron chi connectivity index (χ3n) is 3.37. The molecule has 0 bridgehead atoms. The van der Waals surface area contributed by atoms with E-state index in [4.69, 9.17) is 5.11 Å². The molecule has 1 fully saturated rings. The highest BCUT2D eigenvalue weighted by Crippen LogP contribution is 2.26. The molecule has 5 nitrogen and oxygen atoms in total. The predicted octanol–water partition coefficient (Wildman–Crippen LogP) is 2.35. The summed E-state index contributed by atoms with van der Waals surface area (Å²) in [6, 6.07) is 8.89. The normalized spacial score (nSPS) is 15.7. The van der Waals surface area contributed by atoms with Crippen molar-refractivity contribution < 1.29 is 14.7 Å². The molecule has 0 radical (unpaired) electrons. The van der Waals surface area contributed by atoms with E-state index in [0.29, 0.717) is 6.54 Å². The highest BCUT2D eigenvalue weighted by molar-refractivity contribution is 5.82. The van der Waals surface area contributed by atoms with Crippen molar-refractivity contribution in [2.45, 2.75) is 31.8 Å². The van der Waals surface area contributed by atoms with Gasteiger partial charge in [0.1, 0.15) is 6.04 Å². The smallest absolute Gasteiger partial charge is 0.325 e. The number of carboxylic acids is 1. The fourth-order valence-corrected chi connectivity index (χ4v) is 1.98. The van der Waals surface area contributed by atoms with Crippen LogP contribution in [0.2, 0.25) is 0 Å². The van der Waals surface area contributed by atoms with Crippen LogP contribution in [0.25, 0.3) is 6.08 Å². The van der Waals surface area contributed by atoms with Crippen LogP contribution in [-0.2, 0) is 4.79 Å². The van der Waals surface area contributed by atoms with Crippen molar-refractivity contribution >= 4 is 18.1 Å². The lowest BCUT2D eigenvalue weighted by atomic mass is 10.2. The molecule has 21 heavy (non-hydrogen) atoms. The Morgan fingerprint density at radius 2 is 2.05 bits per heavy atom. The molecule has 2 amide bonds. The average molecular weight is 288 g/mol. The second-order valence-corrected chi connectivity index (χ2v) is 5.21. The van der Waals surface area contributed by atoms with E-state index in [9.17, 15) is 9.59 Å². The molecular formula is C16H20N2O3. The van der Waals surface area contributed by atoms with Gasteiger partial charge < -0.3 is 15.3 Å². The summed E-state index contributed by atoms with van der Waals surface area (Å²) in [6.07, 6.45) is 5.85. The summed E-state index contributed by atoms with van der Waals surface area (Å²) in [5, 5.41) is 11.3. The third-order valence-corrected chi connectivity index (χ3v) is 3.37. The number of rotatable bonds is 6. The van der Waals surface area contributed by atoms with Gasteiger partial charge in [0.05, 0.1) is 0 Å². The maximum absolute atomic E-state index is 12.1. The van der Waals surface area contributed by atoms with Gasteiger partial charge in [-0.15, -0.1) is 0 Å². The molecule has 112 valence electrons. The van der Waals surface area contributed by atoms with Crippen molar-refractivity contribution in [1.29, 1.82) is 0 Å². The maximum atomic E-state index is 12.1. The molecule has 1 aliphatic carbocycles. The van der Waals surface area contributed by atoms with E-state index in [1.807, 2.05) is 42.5 Å². The molecule has 1 atom stereocenters. The van der Waals surface area contributed by atoms with E-state index in [2.05, 4.69) is 5.32 Å². The Morgan fingerprint density at radius 1 is 1.38 bits per heavy atom. The molecule has 2 rings (SSSR count). The lowest BCUT2D eigenvalue weighted by Gasteiger charge is -2.22. The standard InChI is InChI=1S/C16H20N2O3/c1-12(15(19)20)17-16(21)18(14-9-10-14)11-5-8-13-6-3-2-4-7-13/h2-8,12,14H,9-11H2,1H3,(H,17,21)(H,19,20)/t12-/m1/s1. The van der Waals surface area contributed by atoms with Gasteiger partial charge in [-0.2, -0.15) is 0 Å². The predicted molar refractivity (Wildman–Crippen MR) is 80.8 cm³/mol. The van der Waals surface area contributed by atoms with Crippen molar-refractivity contribution in [1.82, 2.24) is 10.2 Å². The Kier molecular flexibility index (Phi) is 4.98. The van der Waals surface area contributed by atoms with Crippen LogP contribution in [0.1, 0.15) is 25.3 Å². The van der Waals surface area contributed by atoms with Crippen LogP contribution in [0.3, 0.4) is 0 Å². The molecule has 0 aliphatic heterocycles. The molecule has 0 heterocycles. The monoisotopic (exact) mass is 288 g/mol. The van der Waals surface area contributed by atoms with E-state index in [1.54, 1.807) is 4.90 Å². The molecule has 1 aromatic carbocycles. The zero-order valence-electron chi connectivity index (χ0n) is 12.0. The fourth-order valence-electron chi connectivity index (χ4n) is 1.98. The van der Waals surface area contributed by atoms with E-state index >= 15 is 0 Å². The van der Waals surface area contributed by atoms with Gasteiger partial charge in [-0.3, -0.25) is 4.79 Å². The second-order valence-electron chi connectivity index (χ2n) is 5.21. The number of amides is 2. The fraction of sp³-hybridized carbons (Fsp3) is 0.375. The van der Waals surface area contributed by atoms with Crippen LogP contribution < -0.4 is 5.32 Å². The largest absolute Gasteiger partial charge is 0.480 e. The van der Waals surface area contributed by atoms with E-state index in [0.717, 1.165) is 18.4 Å². The van der Waals surface area contributed by atoms with Crippen LogP contribution in [0.5, 0.6) is 0 Å². The van der Waals surface area contributed by atoms with E-state index in [1.165, 1.54) is 6.92 Å². The quantitative estimate of drug-likeness (QED) is 0.844. The van der Waals surface area contributed by atoms with Gasteiger partial charge >= 0.3 is 12.0 Å². The number of nitrogens with one attached hydrogen (secondary N) is 1. The van der Waals surface area contributed by atoms with Crippen LogP contribution in [0.15, 0.2) is 36.4 Å². The first kappa shape index (κ1) is 15.1. The topological polar surface area (TPSA) is 69.6 Å². The van der Waals surface area contributed by atoms with Crippen LogP contribution in [0, 0.1) is 0 Å². The number of aliphatic carboxylic acids is 1. The average Bonchev–Trinajstić information content (AvgIpc) is 3.29. The van der Waals surface area contributed by atoms with Gasteiger partial charge in [-0.1, -0.05) is 42.5 Å². The molecule has 0 unspecified atom stereocenters. The molecule has 0 aromatic heterocycles. The maximum Gasteiger partial charge on any atom is 0.325 e. The van der Waals surface area contributed by atoms with Crippen molar-refractivity contribution in [3.8, 4) is 0 Å².